The Hall–Kier alpha value is -0.440. The number of carbonyl (C=O) groups excluding carboxylic acids is 1. The lowest BCUT2D eigenvalue weighted by atomic mass is 10.1. The van der Waals surface area contributed by atoms with Crippen LogP contribution in [0.15, 0.2) is 12.3 Å². The van der Waals surface area contributed by atoms with Crippen molar-refractivity contribution < 1.29 is 9.53 Å². The molecule has 0 aliphatic heterocycles. The summed E-state index contributed by atoms with van der Waals surface area (Å²) in [6.45, 7) is 5.81. The van der Waals surface area contributed by atoms with E-state index < -0.39 is 0 Å². The Morgan fingerprint density at radius 2 is 2.07 bits per heavy atom. The van der Waals surface area contributed by atoms with Crippen molar-refractivity contribution >= 4 is 17.5 Å². The van der Waals surface area contributed by atoms with Gasteiger partial charge in [0.2, 0.25) is 0 Å². The summed E-state index contributed by atoms with van der Waals surface area (Å²) >= 11 is 1.88. The van der Waals surface area contributed by atoms with E-state index in [0.29, 0.717) is 30.8 Å². The first kappa shape index (κ1) is 13.6. The summed E-state index contributed by atoms with van der Waals surface area (Å²) in [7, 11) is 1.59. The third-order valence-corrected chi connectivity index (χ3v) is 2.91. The van der Waals surface area contributed by atoms with Crippen LogP contribution >= 0.6 is 11.8 Å². The molecule has 0 spiro atoms. The van der Waals surface area contributed by atoms with E-state index in [1.165, 1.54) is 0 Å². The number of allylic oxidation sites excluding steroid dienone is 1. The fourth-order valence-electron chi connectivity index (χ4n) is 1.02. The molecule has 0 saturated heterocycles. The Kier molecular flexibility index (Phi) is 8.84. The lowest BCUT2D eigenvalue weighted by molar-refractivity contribution is -0.119. The highest BCUT2D eigenvalue weighted by Crippen LogP contribution is 2.08. The lowest BCUT2D eigenvalue weighted by Gasteiger charge is -2.03. The van der Waals surface area contributed by atoms with Crippen molar-refractivity contribution in [3.63, 3.8) is 0 Å². The monoisotopic (exact) mass is 216 g/mol. The van der Waals surface area contributed by atoms with E-state index in [1.54, 1.807) is 7.11 Å². The van der Waals surface area contributed by atoms with Crippen LogP contribution in [0.3, 0.4) is 0 Å². The van der Waals surface area contributed by atoms with Gasteiger partial charge >= 0.3 is 0 Å². The van der Waals surface area contributed by atoms with Gasteiger partial charge in [-0.3, -0.25) is 4.79 Å². The van der Waals surface area contributed by atoms with Gasteiger partial charge in [0.25, 0.3) is 0 Å². The zero-order chi connectivity index (χ0) is 10.8. The second-order valence-electron chi connectivity index (χ2n) is 3.08. The molecular weight excluding hydrogens is 196 g/mol. The first-order valence-electron chi connectivity index (χ1n) is 5.02. The molecule has 0 unspecified atom stereocenters. The molecule has 2 nitrogen and oxygen atoms in total. The maximum Gasteiger partial charge on any atom is 0.133 e. The summed E-state index contributed by atoms with van der Waals surface area (Å²) in [5, 5.41) is 0. The van der Waals surface area contributed by atoms with Crippen LogP contribution in [0.4, 0.5) is 0 Å². The second kappa shape index (κ2) is 9.13. The van der Waals surface area contributed by atoms with E-state index in [4.69, 9.17) is 4.74 Å². The summed E-state index contributed by atoms with van der Waals surface area (Å²) in [6.07, 6.45) is 2.93. The molecule has 82 valence electrons. The van der Waals surface area contributed by atoms with Crippen LogP contribution in [-0.4, -0.2) is 24.4 Å². The number of hydrogen-bond acceptors (Lipinski definition) is 3. The number of carbonyl (C=O) groups is 1. The molecular formula is C11H20O2S. The maximum atomic E-state index is 11.3. The Balaban J connectivity index is 3.32. The van der Waals surface area contributed by atoms with Gasteiger partial charge in [-0.1, -0.05) is 13.5 Å². The third-order valence-electron chi connectivity index (χ3n) is 1.92. The molecule has 3 heteroatoms. The Morgan fingerprint density at radius 1 is 1.36 bits per heavy atom. The average molecular weight is 216 g/mol. The quantitative estimate of drug-likeness (QED) is 0.438. The highest BCUT2D eigenvalue weighted by atomic mass is 32.2. The van der Waals surface area contributed by atoms with Gasteiger partial charge in [0.05, 0.1) is 12.9 Å². The number of ether oxygens (including phenoxy) is 1. The van der Waals surface area contributed by atoms with Gasteiger partial charge in [0, 0.05) is 19.3 Å². The van der Waals surface area contributed by atoms with Crippen LogP contribution in [-0.2, 0) is 9.53 Å². The molecule has 0 N–H and O–H groups in total. The minimum atomic E-state index is 0.319. The zero-order valence-corrected chi connectivity index (χ0v) is 9.99. The third kappa shape index (κ3) is 8.17. The number of thioether (sulfide) groups is 1. The van der Waals surface area contributed by atoms with Crippen molar-refractivity contribution in [2.24, 2.45) is 0 Å². The predicted octanol–water partition coefficient (Wildman–Crippen LogP) is 3.03. The Morgan fingerprint density at radius 3 is 2.64 bits per heavy atom. The van der Waals surface area contributed by atoms with Crippen molar-refractivity contribution in [3.8, 4) is 0 Å². The summed E-state index contributed by atoms with van der Waals surface area (Å²) in [5.41, 5.74) is 0. The molecule has 0 aliphatic carbocycles. The first-order chi connectivity index (χ1) is 6.70. The molecule has 14 heavy (non-hydrogen) atoms. The molecule has 0 heterocycles. The van der Waals surface area contributed by atoms with E-state index in [-0.39, 0.29) is 0 Å². The molecule has 0 saturated carbocycles. The van der Waals surface area contributed by atoms with Gasteiger partial charge in [0.1, 0.15) is 5.78 Å². The molecule has 0 aromatic rings. The molecule has 0 atom stereocenters. The molecule has 0 amide bonds. The lowest BCUT2D eigenvalue weighted by Crippen LogP contribution is -1.99. The van der Waals surface area contributed by atoms with Crippen molar-refractivity contribution in [1.82, 2.24) is 0 Å². The normalized spacial score (nSPS) is 9.86. The van der Waals surface area contributed by atoms with Crippen LogP contribution < -0.4 is 0 Å². The highest BCUT2D eigenvalue weighted by Gasteiger charge is 2.02. The fraction of sp³-hybridized carbons (Fsp3) is 0.727. The van der Waals surface area contributed by atoms with E-state index in [0.717, 1.165) is 17.9 Å². The van der Waals surface area contributed by atoms with Gasteiger partial charge in [-0.05, 0) is 17.9 Å². The van der Waals surface area contributed by atoms with E-state index in [2.05, 4.69) is 13.5 Å². The predicted molar refractivity (Wildman–Crippen MR) is 62.6 cm³/mol. The number of ketones is 1. The molecule has 0 radical (unpaired) electrons. The molecule has 0 aliphatic rings. The van der Waals surface area contributed by atoms with Crippen LogP contribution in [0.1, 0.15) is 32.6 Å². The zero-order valence-electron chi connectivity index (χ0n) is 9.17. The number of Topliss-reactive ketones (excluding diaryl/α,β-unsaturated/α-hetero) is 1. The van der Waals surface area contributed by atoms with E-state index in [9.17, 15) is 4.79 Å². The summed E-state index contributed by atoms with van der Waals surface area (Å²) in [6, 6.07) is 0. The van der Waals surface area contributed by atoms with Crippen molar-refractivity contribution in [1.29, 1.82) is 0 Å². The maximum absolute atomic E-state index is 11.3. The SMILES string of the molecule is C=C(CCC(=O)CCCSCC)OC. The molecule has 0 aromatic heterocycles. The number of hydrogen-bond donors (Lipinski definition) is 0. The van der Waals surface area contributed by atoms with Gasteiger partial charge in [-0.2, -0.15) is 11.8 Å². The number of methoxy groups -OCH3 is 1. The first-order valence-corrected chi connectivity index (χ1v) is 6.17. The average Bonchev–Trinajstić information content (AvgIpc) is 2.21. The molecule has 0 rings (SSSR count). The van der Waals surface area contributed by atoms with E-state index >= 15 is 0 Å². The highest BCUT2D eigenvalue weighted by molar-refractivity contribution is 7.99. The standard InChI is InChI=1S/C11H20O2S/c1-4-14-9-5-6-11(12)8-7-10(2)13-3/h2,4-9H2,1,3H3. The van der Waals surface area contributed by atoms with Crippen molar-refractivity contribution in [3.05, 3.63) is 12.3 Å². The van der Waals surface area contributed by atoms with Gasteiger partial charge in [-0.25, -0.2) is 0 Å². The van der Waals surface area contributed by atoms with Crippen LogP contribution in [0.5, 0.6) is 0 Å². The van der Waals surface area contributed by atoms with Crippen LogP contribution in [0, 0.1) is 0 Å². The van der Waals surface area contributed by atoms with Crippen LogP contribution in [0.2, 0.25) is 0 Å². The fourth-order valence-corrected chi connectivity index (χ4v) is 1.66. The second-order valence-corrected chi connectivity index (χ2v) is 4.48. The minimum Gasteiger partial charge on any atom is -0.502 e. The van der Waals surface area contributed by atoms with Crippen molar-refractivity contribution in [2.45, 2.75) is 32.6 Å². The number of rotatable bonds is 9. The molecule has 0 aromatic carbocycles. The largest absolute Gasteiger partial charge is 0.502 e. The molecule has 0 bridgehead atoms. The molecule has 0 fully saturated rings. The topological polar surface area (TPSA) is 26.3 Å². The van der Waals surface area contributed by atoms with Gasteiger partial charge < -0.3 is 4.74 Å². The summed E-state index contributed by atoms with van der Waals surface area (Å²) in [5.74, 6) is 3.24. The van der Waals surface area contributed by atoms with E-state index in [1.807, 2.05) is 11.8 Å². The summed E-state index contributed by atoms with van der Waals surface area (Å²) in [4.78, 5) is 11.3. The van der Waals surface area contributed by atoms with Crippen LogP contribution in [0.25, 0.3) is 0 Å². The van der Waals surface area contributed by atoms with Gasteiger partial charge in [0.15, 0.2) is 0 Å². The van der Waals surface area contributed by atoms with Crippen molar-refractivity contribution in [2.75, 3.05) is 18.6 Å². The minimum absolute atomic E-state index is 0.319. The Bertz CT molecular complexity index is 178. The summed E-state index contributed by atoms with van der Waals surface area (Å²) < 4.78 is 4.89. The Labute approximate surface area is 91.1 Å². The van der Waals surface area contributed by atoms with Gasteiger partial charge in [-0.15, -0.1) is 0 Å². The smallest absolute Gasteiger partial charge is 0.133 e.